The van der Waals surface area contributed by atoms with Crippen molar-refractivity contribution in [2.24, 2.45) is 0 Å². The SMILES string of the molecule is C[C@@H](OC(=O)c1ccc2c(c1)OCO2)c1ccccc1Cl. The molecule has 1 aliphatic heterocycles. The zero-order valence-corrected chi connectivity index (χ0v) is 12.1. The maximum atomic E-state index is 12.2. The summed E-state index contributed by atoms with van der Waals surface area (Å²) in [6, 6.07) is 12.2. The smallest absolute Gasteiger partial charge is 0.338 e. The van der Waals surface area contributed by atoms with Gasteiger partial charge in [0.05, 0.1) is 5.56 Å². The highest BCUT2D eigenvalue weighted by Crippen LogP contribution is 2.33. The van der Waals surface area contributed by atoms with E-state index in [1.165, 1.54) is 0 Å². The first kappa shape index (κ1) is 13.8. The fourth-order valence-electron chi connectivity index (χ4n) is 2.12. The Morgan fingerprint density at radius 1 is 1.19 bits per heavy atom. The van der Waals surface area contributed by atoms with Gasteiger partial charge in [-0.1, -0.05) is 29.8 Å². The molecule has 0 amide bonds. The number of hydrogen-bond donors (Lipinski definition) is 0. The van der Waals surface area contributed by atoms with Gasteiger partial charge in [-0.05, 0) is 31.2 Å². The average Bonchev–Trinajstić information content (AvgIpc) is 2.94. The topological polar surface area (TPSA) is 44.8 Å². The van der Waals surface area contributed by atoms with Crippen LogP contribution < -0.4 is 9.47 Å². The number of benzene rings is 2. The van der Waals surface area contributed by atoms with Crippen molar-refractivity contribution in [3.05, 3.63) is 58.6 Å². The molecule has 2 aromatic rings. The Bertz CT molecular complexity index is 684. The number of rotatable bonds is 3. The van der Waals surface area contributed by atoms with Crippen LogP contribution in [0.1, 0.15) is 28.9 Å². The van der Waals surface area contributed by atoms with Gasteiger partial charge in [-0.25, -0.2) is 4.79 Å². The molecule has 0 aliphatic carbocycles. The second kappa shape index (κ2) is 5.66. The third kappa shape index (κ3) is 2.81. The van der Waals surface area contributed by atoms with Crippen LogP contribution in [0.3, 0.4) is 0 Å². The predicted molar refractivity (Wildman–Crippen MR) is 77.8 cm³/mol. The van der Waals surface area contributed by atoms with E-state index in [1.54, 1.807) is 31.2 Å². The van der Waals surface area contributed by atoms with Gasteiger partial charge in [-0.15, -0.1) is 0 Å². The number of carbonyl (C=O) groups is 1. The number of fused-ring (bicyclic) bond motifs is 1. The maximum absolute atomic E-state index is 12.2. The lowest BCUT2D eigenvalue weighted by atomic mass is 10.1. The summed E-state index contributed by atoms with van der Waals surface area (Å²) in [5.41, 5.74) is 1.19. The van der Waals surface area contributed by atoms with Crippen molar-refractivity contribution in [3.63, 3.8) is 0 Å². The molecule has 0 N–H and O–H groups in total. The Kier molecular flexibility index (Phi) is 3.71. The molecule has 1 aliphatic rings. The van der Waals surface area contributed by atoms with Crippen molar-refractivity contribution >= 4 is 17.6 Å². The molecule has 0 aromatic heterocycles. The summed E-state index contributed by atoms with van der Waals surface area (Å²) in [5.74, 6) is 0.751. The van der Waals surface area contributed by atoms with Crippen LogP contribution in [0.25, 0.3) is 0 Å². The summed E-state index contributed by atoms with van der Waals surface area (Å²) >= 11 is 6.10. The van der Waals surface area contributed by atoms with Crippen LogP contribution in [-0.4, -0.2) is 12.8 Å². The van der Waals surface area contributed by atoms with Crippen molar-refractivity contribution in [1.82, 2.24) is 0 Å². The summed E-state index contributed by atoms with van der Waals surface area (Å²) in [5, 5.41) is 0.573. The summed E-state index contributed by atoms with van der Waals surface area (Å²) < 4.78 is 15.9. The molecule has 3 rings (SSSR count). The first-order valence-corrected chi connectivity index (χ1v) is 6.88. The molecular formula is C16H13ClO4. The molecule has 0 spiro atoms. The Hall–Kier alpha value is -2.20. The highest BCUT2D eigenvalue weighted by molar-refractivity contribution is 6.31. The minimum atomic E-state index is -0.434. The molecule has 0 saturated carbocycles. The van der Waals surface area contributed by atoms with Crippen molar-refractivity contribution in [3.8, 4) is 11.5 Å². The van der Waals surface area contributed by atoms with Crippen LogP contribution in [0.15, 0.2) is 42.5 Å². The number of halogens is 1. The van der Waals surface area contributed by atoms with E-state index in [0.717, 1.165) is 5.56 Å². The normalized spacial score (nSPS) is 13.8. The van der Waals surface area contributed by atoms with E-state index >= 15 is 0 Å². The molecule has 5 heteroatoms. The number of hydrogen-bond acceptors (Lipinski definition) is 4. The van der Waals surface area contributed by atoms with Gasteiger partial charge >= 0.3 is 5.97 Å². The van der Waals surface area contributed by atoms with Gasteiger partial charge in [-0.3, -0.25) is 0 Å². The van der Waals surface area contributed by atoms with Crippen molar-refractivity contribution < 1.29 is 19.0 Å². The molecule has 0 saturated heterocycles. The molecule has 0 bridgehead atoms. The van der Waals surface area contributed by atoms with Crippen LogP contribution in [0.2, 0.25) is 5.02 Å². The Morgan fingerprint density at radius 3 is 2.76 bits per heavy atom. The first-order valence-electron chi connectivity index (χ1n) is 6.50. The largest absolute Gasteiger partial charge is 0.454 e. The van der Waals surface area contributed by atoms with Gasteiger partial charge in [0.2, 0.25) is 6.79 Å². The molecule has 1 atom stereocenters. The summed E-state index contributed by atoms with van der Waals surface area (Å²) in [7, 11) is 0. The monoisotopic (exact) mass is 304 g/mol. The Morgan fingerprint density at radius 2 is 1.95 bits per heavy atom. The van der Waals surface area contributed by atoms with E-state index in [9.17, 15) is 4.79 Å². The third-order valence-electron chi connectivity index (χ3n) is 3.24. The Balaban J connectivity index is 1.76. The van der Waals surface area contributed by atoms with Gasteiger partial charge < -0.3 is 14.2 Å². The molecule has 1 heterocycles. The van der Waals surface area contributed by atoms with Crippen LogP contribution in [-0.2, 0) is 4.74 Å². The summed E-state index contributed by atoms with van der Waals surface area (Å²) in [6.45, 7) is 1.95. The minimum Gasteiger partial charge on any atom is -0.454 e. The van der Waals surface area contributed by atoms with Gasteiger partial charge in [0.25, 0.3) is 0 Å². The fourth-order valence-corrected chi connectivity index (χ4v) is 2.41. The molecule has 0 unspecified atom stereocenters. The zero-order valence-electron chi connectivity index (χ0n) is 11.3. The van der Waals surface area contributed by atoms with E-state index in [-0.39, 0.29) is 6.79 Å². The van der Waals surface area contributed by atoms with Crippen molar-refractivity contribution in [2.45, 2.75) is 13.0 Å². The standard InChI is InChI=1S/C16H13ClO4/c1-10(12-4-2-3-5-13(12)17)21-16(18)11-6-7-14-15(8-11)20-9-19-14/h2-8,10H,9H2,1H3/t10-/m1/s1. The second-order valence-electron chi connectivity index (χ2n) is 4.64. The van der Waals surface area contributed by atoms with Crippen molar-refractivity contribution in [2.75, 3.05) is 6.79 Å². The summed E-state index contributed by atoms with van der Waals surface area (Å²) in [6.07, 6.45) is -0.434. The molecule has 0 fully saturated rings. The zero-order chi connectivity index (χ0) is 14.8. The molecule has 0 radical (unpaired) electrons. The lowest BCUT2D eigenvalue weighted by molar-refractivity contribution is 0.0337. The van der Waals surface area contributed by atoms with Gasteiger partial charge in [-0.2, -0.15) is 0 Å². The maximum Gasteiger partial charge on any atom is 0.338 e. The van der Waals surface area contributed by atoms with E-state index in [0.29, 0.717) is 22.1 Å². The quantitative estimate of drug-likeness (QED) is 0.804. The highest BCUT2D eigenvalue weighted by Gasteiger charge is 2.19. The molecule has 108 valence electrons. The van der Waals surface area contributed by atoms with Crippen LogP contribution >= 0.6 is 11.6 Å². The molecular weight excluding hydrogens is 292 g/mol. The van der Waals surface area contributed by atoms with E-state index in [2.05, 4.69) is 0 Å². The molecule has 21 heavy (non-hydrogen) atoms. The first-order chi connectivity index (χ1) is 10.1. The van der Waals surface area contributed by atoms with Crippen LogP contribution in [0, 0.1) is 0 Å². The summed E-state index contributed by atoms with van der Waals surface area (Å²) in [4.78, 5) is 12.2. The second-order valence-corrected chi connectivity index (χ2v) is 5.04. The lowest BCUT2D eigenvalue weighted by Crippen LogP contribution is -2.09. The van der Waals surface area contributed by atoms with E-state index < -0.39 is 12.1 Å². The third-order valence-corrected chi connectivity index (χ3v) is 3.58. The van der Waals surface area contributed by atoms with E-state index in [1.807, 2.05) is 18.2 Å². The molecule has 4 nitrogen and oxygen atoms in total. The minimum absolute atomic E-state index is 0.170. The average molecular weight is 305 g/mol. The van der Waals surface area contributed by atoms with E-state index in [4.69, 9.17) is 25.8 Å². The van der Waals surface area contributed by atoms with Crippen LogP contribution in [0.5, 0.6) is 11.5 Å². The number of carbonyl (C=O) groups excluding carboxylic acids is 1. The number of esters is 1. The van der Waals surface area contributed by atoms with Crippen molar-refractivity contribution in [1.29, 1.82) is 0 Å². The number of ether oxygens (including phenoxy) is 3. The predicted octanol–water partition coefficient (Wildman–Crippen LogP) is 3.99. The van der Waals surface area contributed by atoms with Gasteiger partial charge in [0, 0.05) is 10.6 Å². The lowest BCUT2D eigenvalue weighted by Gasteiger charge is -2.15. The van der Waals surface area contributed by atoms with Gasteiger partial charge in [0.15, 0.2) is 11.5 Å². The Labute approximate surface area is 127 Å². The van der Waals surface area contributed by atoms with Crippen LogP contribution in [0.4, 0.5) is 0 Å². The fraction of sp³-hybridized carbons (Fsp3) is 0.188. The van der Waals surface area contributed by atoms with Gasteiger partial charge in [0.1, 0.15) is 6.10 Å². The molecule has 2 aromatic carbocycles. The highest BCUT2D eigenvalue weighted by atomic mass is 35.5.